The molecule has 84 valence electrons. The molecule has 1 heterocycles. The van der Waals surface area contributed by atoms with E-state index in [1.165, 1.54) is 0 Å². The number of hydrogen-bond donors (Lipinski definition) is 2. The summed E-state index contributed by atoms with van der Waals surface area (Å²) in [7, 11) is 0. The van der Waals surface area contributed by atoms with Crippen molar-refractivity contribution < 1.29 is 5.11 Å². The number of rotatable bonds is 4. The number of aliphatic hydroxyl groups is 1. The molecule has 16 heavy (non-hydrogen) atoms. The van der Waals surface area contributed by atoms with Crippen molar-refractivity contribution in [3.8, 4) is 0 Å². The Kier molecular flexibility index (Phi) is 3.58. The van der Waals surface area contributed by atoms with Gasteiger partial charge in [-0.2, -0.15) is 0 Å². The number of hydrogen-bond acceptors (Lipinski definition) is 5. The maximum atomic E-state index is 8.73. The van der Waals surface area contributed by atoms with Gasteiger partial charge in [0.2, 0.25) is 0 Å². The van der Waals surface area contributed by atoms with E-state index in [1.807, 2.05) is 18.2 Å². The summed E-state index contributed by atoms with van der Waals surface area (Å²) in [6.45, 7) is 0.211. The van der Waals surface area contributed by atoms with E-state index in [1.54, 1.807) is 18.1 Å². The summed E-state index contributed by atoms with van der Waals surface area (Å²) in [5.74, 6) is 0.854. The summed E-state index contributed by atoms with van der Waals surface area (Å²) < 4.78 is 0. The SMILES string of the molecule is Nc1ccc2c(SCCCO)ncnc2c1. The molecule has 0 amide bonds. The maximum absolute atomic E-state index is 8.73. The number of aromatic nitrogens is 2. The molecule has 0 aliphatic rings. The van der Waals surface area contributed by atoms with Gasteiger partial charge < -0.3 is 10.8 Å². The fraction of sp³-hybridized carbons (Fsp3) is 0.273. The minimum Gasteiger partial charge on any atom is -0.399 e. The molecule has 0 saturated carbocycles. The Labute approximate surface area is 97.9 Å². The van der Waals surface area contributed by atoms with Crippen molar-refractivity contribution in [2.75, 3.05) is 18.1 Å². The molecule has 0 aliphatic heterocycles. The highest BCUT2D eigenvalue weighted by Gasteiger charge is 2.04. The summed E-state index contributed by atoms with van der Waals surface area (Å²) in [6, 6.07) is 5.63. The molecule has 5 heteroatoms. The second kappa shape index (κ2) is 5.14. The standard InChI is InChI=1S/C11H13N3OS/c12-8-2-3-9-10(6-8)13-7-14-11(9)16-5-1-4-15/h2-3,6-7,15H,1,4-5,12H2. The van der Waals surface area contributed by atoms with Crippen molar-refractivity contribution >= 4 is 28.4 Å². The maximum Gasteiger partial charge on any atom is 0.117 e. The zero-order valence-electron chi connectivity index (χ0n) is 8.76. The van der Waals surface area contributed by atoms with Gasteiger partial charge in [-0.1, -0.05) is 0 Å². The molecule has 0 bridgehead atoms. The van der Waals surface area contributed by atoms with Crippen LogP contribution in [0.2, 0.25) is 0 Å². The van der Waals surface area contributed by atoms with Crippen LogP contribution in [-0.2, 0) is 0 Å². The van der Waals surface area contributed by atoms with Crippen molar-refractivity contribution in [3.05, 3.63) is 24.5 Å². The molecule has 1 aromatic heterocycles. The summed E-state index contributed by atoms with van der Waals surface area (Å²) in [5, 5.41) is 10.7. The molecule has 0 atom stereocenters. The molecule has 0 radical (unpaired) electrons. The van der Waals surface area contributed by atoms with Crippen molar-refractivity contribution in [2.24, 2.45) is 0 Å². The summed E-state index contributed by atoms with van der Waals surface area (Å²) >= 11 is 1.63. The van der Waals surface area contributed by atoms with Gasteiger partial charge >= 0.3 is 0 Å². The topological polar surface area (TPSA) is 72.0 Å². The predicted octanol–water partition coefficient (Wildman–Crippen LogP) is 1.69. The van der Waals surface area contributed by atoms with Gasteiger partial charge in [-0.05, 0) is 24.6 Å². The van der Waals surface area contributed by atoms with Gasteiger partial charge in [0.05, 0.1) is 5.52 Å². The monoisotopic (exact) mass is 235 g/mol. The highest BCUT2D eigenvalue weighted by atomic mass is 32.2. The number of aliphatic hydroxyl groups excluding tert-OH is 1. The lowest BCUT2D eigenvalue weighted by molar-refractivity contribution is 0.296. The zero-order chi connectivity index (χ0) is 11.4. The molecular weight excluding hydrogens is 222 g/mol. The van der Waals surface area contributed by atoms with Crippen LogP contribution in [-0.4, -0.2) is 27.4 Å². The van der Waals surface area contributed by atoms with Crippen LogP contribution < -0.4 is 5.73 Å². The average molecular weight is 235 g/mol. The van der Waals surface area contributed by atoms with Crippen LogP contribution in [0.4, 0.5) is 5.69 Å². The van der Waals surface area contributed by atoms with Gasteiger partial charge in [-0.15, -0.1) is 11.8 Å². The first-order valence-corrected chi connectivity index (χ1v) is 6.03. The number of nitrogen functional groups attached to an aromatic ring is 1. The van der Waals surface area contributed by atoms with Crippen LogP contribution in [0.5, 0.6) is 0 Å². The molecule has 1 aromatic carbocycles. The highest BCUT2D eigenvalue weighted by molar-refractivity contribution is 7.99. The number of anilines is 1. The van der Waals surface area contributed by atoms with Gasteiger partial charge in [-0.3, -0.25) is 0 Å². The second-order valence-corrected chi connectivity index (χ2v) is 4.46. The molecule has 4 nitrogen and oxygen atoms in total. The van der Waals surface area contributed by atoms with Gasteiger partial charge in [-0.25, -0.2) is 9.97 Å². The molecule has 0 unspecified atom stereocenters. The minimum absolute atomic E-state index is 0.211. The fourth-order valence-electron chi connectivity index (χ4n) is 1.40. The Morgan fingerprint density at radius 2 is 2.19 bits per heavy atom. The van der Waals surface area contributed by atoms with Crippen molar-refractivity contribution in [2.45, 2.75) is 11.4 Å². The number of benzene rings is 1. The number of nitrogens with zero attached hydrogens (tertiary/aromatic N) is 2. The first-order chi connectivity index (χ1) is 7.81. The van der Waals surface area contributed by atoms with E-state index in [0.29, 0.717) is 5.69 Å². The third-order valence-electron chi connectivity index (χ3n) is 2.17. The smallest absolute Gasteiger partial charge is 0.117 e. The van der Waals surface area contributed by atoms with Crippen molar-refractivity contribution in [1.82, 2.24) is 9.97 Å². The summed E-state index contributed by atoms with van der Waals surface area (Å²) in [5.41, 5.74) is 7.26. The Balaban J connectivity index is 2.30. The van der Waals surface area contributed by atoms with Crippen LogP contribution in [0.1, 0.15) is 6.42 Å². The fourth-order valence-corrected chi connectivity index (χ4v) is 2.31. The zero-order valence-corrected chi connectivity index (χ0v) is 9.57. The number of thioether (sulfide) groups is 1. The average Bonchev–Trinajstić information content (AvgIpc) is 2.29. The van der Waals surface area contributed by atoms with Gasteiger partial charge in [0.15, 0.2) is 0 Å². The molecule has 0 fully saturated rings. The second-order valence-electron chi connectivity index (χ2n) is 3.38. The van der Waals surface area contributed by atoms with E-state index in [-0.39, 0.29) is 6.61 Å². The van der Waals surface area contributed by atoms with E-state index in [9.17, 15) is 0 Å². The molecule has 2 aromatic rings. The Hall–Kier alpha value is -1.33. The third kappa shape index (κ3) is 2.43. The lowest BCUT2D eigenvalue weighted by Gasteiger charge is -2.04. The predicted molar refractivity (Wildman–Crippen MR) is 66.4 cm³/mol. The first-order valence-electron chi connectivity index (χ1n) is 5.05. The Morgan fingerprint density at radius 1 is 1.31 bits per heavy atom. The van der Waals surface area contributed by atoms with Crippen LogP contribution in [0.25, 0.3) is 10.9 Å². The normalized spacial score (nSPS) is 10.8. The van der Waals surface area contributed by atoms with Crippen LogP contribution in [0.15, 0.2) is 29.6 Å². The van der Waals surface area contributed by atoms with Crippen LogP contribution >= 0.6 is 11.8 Å². The molecule has 2 rings (SSSR count). The quantitative estimate of drug-likeness (QED) is 0.365. The van der Waals surface area contributed by atoms with E-state index in [4.69, 9.17) is 10.8 Å². The molecule has 3 N–H and O–H groups in total. The molecular formula is C11H13N3OS. The Morgan fingerprint density at radius 3 is 3.00 bits per heavy atom. The van der Waals surface area contributed by atoms with Crippen LogP contribution in [0.3, 0.4) is 0 Å². The Bertz CT molecular complexity index is 490. The van der Waals surface area contributed by atoms with Gasteiger partial charge in [0.1, 0.15) is 11.4 Å². The van der Waals surface area contributed by atoms with E-state index in [0.717, 1.165) is 28.1 Å². The number of nitrogens with two attached hydrogens (primary N) is 1. The third-order valence-corrected chi connectivity index (χ3v) is 3.26. The van der Waals surface area contributed by atoms with Gasteiger partial charge in [0, 0.05) is 23.4 Å². The molecule has 0 aliphatic carbocycles. The molecule has 0 saturated heterocycles. The number of fused-ring (bicyclic) bond motifs is 1. The van der Waals surface area contributed by atoms with Gasteiger partial charge in [0.25, 0.3) is 0 Å². The highest BCUT2D eigenvalue weighted by Crippen LogP contribution is 2.25. The van der Waals surface area contributed by atoms with E-state index in [2.05, 4.69) is 9.97 Å². The van der Waals surface area contributed by atoms with Crippen molar-refractivity contribution in [3.63, 3.8) is 0 Å². The van der Waals surface area contributed by atoms with Crippen LogP contribution in [0, 0.1) is 0 Å². The lowest BCUT2D eigenvalue weighted by atomic mass is 10.2. The van der Waals surface area contributed by atoms with E-state index < -0.39 is 0 Å². The summed E-state index contributed by atoms with van der Waals surface area (Å²) in [4.78, 5) is 8.41. The minimum atomic E-state index is 0.211. The molecule has 0 spiro atoms. The first kappa shape index (κ1) is 11.2. The van der Waals surface area contributed by atoms with Crippen molar-refractivity contribution in [1.29, 1.82) is 0 Å². The largest absolute Gasteiger partial charge is 0.399 e. The van der Waals surface area contributed by atoms with E-state index >= 15 is 0 Å². The summed E-state index contributed by atoms with van der Waals surface area (Å²) in [6.07, 6.45) is 2.31. The lowest BCUT2D eigenvalue weighted by Crippen LogP contribution is -1.91.